The Morgan fingerprint density at radius 2 is 2.00 bits per heavy atom. The van der Waals surface area contributed by atoms with Crippen LogP contribution in [0.25, 0.3) is 0 Å². The molecule has 0 bridgehead atoms. The SMILES string of the molecule is CCCC(=O)O.CCOCCO. The van der Waals surface area contributed by atoms with Crippen LogP contribution in [-0.4, -0.2) is 36.0 Å². The number of aliphatic carboxylic acids is 1. The lowest BCUT2D eigenvalue weighted by Gasteiger charge is -1.91. The van der Waals surface area contributed by atoms with E-state index >= 15 is 0 Å². The van der Waals surface area contributed by atoms with Gasteiger partial charge < -0.3 is 14.9 Å². The summed E-state index contributed by atoms with van der Waals surface area (Å²) in [5.74, 6) is -0.711. The Morgan fingerprint density at radius 3 is 2.08 bits per heavy atom. The first-order chi connectivity index (χ1) is 5.68. The number of rotatable bonds is 5. The second-order valence-electron chi connectivity index (χ2n) is 2.06. The van der Waals surface area contributed by atoms with Crippen LogP contribution >= 0.6 is 0 Å². The van der Waals surface area contributed by atoms with Crippen LogP contribution in [0.4, 0.5) is 0 Å². The number of carboxylic acids is 1. The van der Waals surface area contributed by atoms with Gasteiger partial charge in [-0.05, 0) is 13.3 Å². The molecule has 0 amide bonds. The number of hydrogen-bond donors (Lipinski definition) is 2. The number of carboxylic acid groups (broad SMARTS) is 1. The number of carbonyl (C=O) groups is 1. The maximum Gasteiger partial charge on any atom is 0.303 e. The number of aliphatic hydroxyl groups excluding tert-OH is 1. The van der Waals surface area contributed by atoms with E-state index < -0.39 is 5.97 Å². The van der Waals surface area contributed by atoms with E-state index in [0.717, 1.165) is 6.42 Å². The van der Waals surface area contributed by atoms with Gasteiger partial charge in [0.15, 0.2) is 0 Å². The molecule has 0 rings (SSSR count). The zero-order chi connectivity index (χ0) is 9.82. The largest absolute Gasteiger partial charge is 0.481 e. The number of ether oxygens (including phenoxy) is 1. The Kier molecular flexibility index (Phi) is 15.1. The van der Waals surface area contributed by atoms with E-state index in [4.69, 9.17) is 14.9 Å². The van der Waals surface area contributed by atoms with E-state index in [-0.39, 0.29) is 6.61 Å². The molecule has 4 heteroatoms. The van der Waals surface area contributed by atoms with Gasteiger partial charge in [0.1, 0.15) is 0 Å². The quantitative estimate of drug-likeness (QED) is 0.613. The zero-order valence-corrected chi connectivity index (χ0v) is 7.75. The summed E-state index contributed by atoms with van der Waals surface area (Å²) in [6.07, 6.45) is 1.02. The molecule has 74 valence electrons. The van der Waals surface area contributed by atoms with Gasteiger partial charge in [-0.25, -0.2) is 0 Å². The molecule has 0 aromatic rings. The lowest BCUT2D eigenvalue weighted by Crippen LogP contribution is -1.96. The smallest absolute Gasteiger partial charge is 0.303 e. The average Bonchev–Trinajstić information content (AvgIpc) is 2.02. The molecule has 0 heterocycles. The standard InChI is InChI=1S/C4H10O2.C4H8O2/c1-2-6-4-3-5;1-2-3-4(5)6/h5H,2-4H2,1H3;2-3H2,1H3,(H,5,6). The van der Waals surface area contributed by atoms with Gasteiger partial charge >= 0.3 is 5.97 Å². The highest BCUT2D eigenvalue weighted by Gasteiger charge is 1.87. The molecule has 0 aliphatic carbocycles. The first kappa shape index (κ1) is 13.9. The molecule has 2 N–H and O–H groups in total. The predicted molar refractivity (Wildman–Crippen MR) is 46.1 cm³/mol. The Hall–Kier alpha value is -0.610. The molecule has 0 aromatic heterocycles. The van der Waals surface area contributed by atoms with Crippen LogP contribution in [0.2, 0.25) is 0 Å². The van der Waals surface area contributed by atoms with Gasteiger partial charge in [0.2, 0.25) is 0 Å². The molecular formula is C8H18O4. The molecule has 0 radical (unpaired) electrons. The minimum absolute atomic E-state index is 0.133. The van der Waals surface area contributed by atoms with Crippen LogP contribution < -0.4 is 0 Å². The van der Waals surface area contributed by atoms with Gasteiger partial charge in [-0.15, -0.1) is 0 Å². The molecule has 0 atom stereocenters. The Bertz CT molecular complexity index is 89.1. The van der Waals surface area contributed by atoms with Crippen LogP contribution in [0.3, 0.4) is 0 Å². The number of aliphatic hydroxyl groups is 1. The molecule has 0 fully saturated rings. The summed E-state index contributed by atoms with van der Waals surface area (Å²) in [5.41, 5.74) is 0. The van der Waals surface area contributed by atoms with Crippen molar-refractivity contribution in [2.24, 2.45) is 0 Å². The summed E-state index contributed by atoms with van der Waals surface area (Å²) >= 11 is 0. The minimum Gasteiger partial charge on any atom is -0.481 e. The molecule has 0 unspecified atom stereocenters. The second-order valence-corrected chi connectivity index (χ2v) is 2.06. The maximum absolute atomic E-state index is 9.60. The normalized spacial score (nSPS) is 8.58. The summed E-state index contributed by atoms with van der Waals surface area (Å²) in [6, 6.07) is 0. The van der Waals surface area contributed by atoms with E-state index in [9.17, 15) is 4.79 Å². The lowest BCUT2D eigenvalue weighted by molar-refractivity contribution is -0.137. The maximum atomic E-state index is 9.60. The first-order valence-electron chi connectivity index (χ1n) is 4.09. The summed E-state index contributed by atoms with van der Waals surface area (Å²) in [7, 11) is 0. The van der Waals surface area contributed by atoms with Crippen molar-refractivity contribution in [3.63, 3.8) is 0 Å². The zero-order valence-electron chi connectivity index (χ0n) is 7.75. The van der Waals surface area contributed by atoms with Crippen LogP contribution in [0.15, 0.2) is 0 Å². The molecule has 0 aromatic carbocycles. The summed E-state index contributed by atoms with van der Waals surface area (Å²) in [6.45, 7) is 5.04. The van der Waals surface area contributed by atoms with Crippen molar-refractivity contribution in [2.45, 2.75) is 26.7 Å². The molecule has 0 saturated carbocycles. The highest BCUT2D eigenvalue weighted by atomic mass is 16.5. The molecule has 4 nitrogen and oxygen atoms in total. The van der Waals surface area contributed by atoms with Crippen molar-refractivity contribution in [3.8, 4) is 0 Å². The topological polar surface area (TPSA) is 66.8 Å². The molecule has 0 spiro atoms. The molecule has 0 aliphatic rings. The van der Waals surface area contributed by atoms with Gasteiger partial charge in [-0.3, -0.25) is 4.79 Å². The average molecular weight is 178 g/mol. The predicted octanol–water partition coefficient (Wildman–Crippen LogP) is 0.886. The fourth-order valence-corrected chi connectivity index (χ4v) is 0.423. The Balaban J connectivity index is 0. The third-order valence-corrected chi connectivity index (χ3v) is 0.904. The van der Waals surface area contributed by atoms with Gasteiger partial charge in [0.05, 0.1) is 13.2 Å². The minimum atomic E-state index is -0.711. The first-order valence-corrected chi connectivity index (χ1v) is 4.09. The second kappa shape index (κ2) is 13.0. The third kappa shape index (κ3) is 22.8. The van der Waals surface area contributed by atoms with E-state index in [1.54, 1.807) is 0 Å². The lowest BCUT2D eigenvalue weighted by atomic mass is 10.4. The van der Waals surface area contributed by atoms with Crippen molar-refractivity contribution in [2.75, 3.05) is 19.8 Å². The Labute approximate surface area is 73.2 Å². The highest BCUT2D eigenvalue weighted by molar-refractivity contribution is 5.66. The summed E-state index contributed by atoms with van der Waals surface area (Å²) in [4.78, 5) is 9.60. The molecule has 0 aliphatic heterocycles. The molecule has 12 heavy (non-hydrogen) atoms. The van der Waals surface area contributed by atoms with Crippen molar-refractivity contribution in [1.29, 1.82) is 0 Å². The van der Waals surface area contributed by atoms with E-state index in [0.29, 0.717) is 19.6 Å². The fourth-order valence-electron chi connectivity index (χ4n) is 0.423. The fraction of sp³-hybridized carbons (Fsp3) is 0.875. The highest BCUT2D eigenvalue weighted by Crippen LogP contribution is 1.82. The van der Waals surface area contributed by atoms with Crippen molar-refractivity contribution < 1.29 is 19.7 Å². The van der Waals surface area contributed by atoms with Crippen LogP contribution in [0.5, 0.6) is 0 Å². The Morgan fingerprint density at radius 1 is 1.42 bits per heavy atom. The van der Waals surface area contributed by atoms with Crippen LogP contribution in [0.1, 0.15) is 26.7 Å². The van der Waals surface area contributed by atoms with Gasteiger partial charge in [0.25, 0.3) is 0 Å². The van der Waals surface area contributed by atoms with Gasteiger partial charge in [0, 0.05) is 13.0 Å². The van der Waals surface area contributed by atoms with Crippen LogP contribution in [-0.2, 0) is 9.53 Å². The van der Waals surface area contributed by atoms with Crippen molar-refractivity contribution in [1.82, 2.24) is 0 Å². The van der Waals surface area contributed by atoms with E-state index in [2.05, 4.69) is 0 Å². The monoisotopic (exact) mass is 178 g/mol. The number of hydrogen-bond acceptors (Lipinski definition) is 3. The van der Waals surface area contributed by atoms with Crippen molar-refractivity contribution in [3.05, 3.63) is 0 Å². The third-order valence-electron chi connectivity index (χ3n) is 0.904. The van der Waals surface area contributed by atoms with Gasteiger partial charge in [-0.2, -0.15) is 0 Å². The van der Waals surface area contributed by atoms with Crippen LogP contribution in [0, 0.1) is 0 Å². The van der Waals surface area contributed by atoms with Crippen molar-refractivity contribution >= 4 is 5.97 Å². The summed E-state index contributed by atoms with van der Waals surface area (Å²) in [5, 5.41) is 16.0. The molecule has 0 saturated heterocycles. The van der Waals surface area contributed by atoms with E-state index in [1.165, 1.54) is 0 Å². The summed E-state index contributed by atoms with van der Waals surface area (Å²) < 4.78 is 4.73. The van der Waals surface area contributed by atoms with Gasteiger partial charge in [-0.1, -0.05) is 6.92 Å². The van der Waals surface area contributed by atoms with E-state index in [1.807, 2.05) is 13.8 Å². The molecular weight excluding hydrogens is 160 g/mol.